The predicted octanol–water partition coefficient (Wildman–Crippen LogP) is 7.39. The third-order valence-electron chi connectivity index (χ3n) is 7.79. The molecule has 0 radical (unpaired) electrons. The predicted molar refractivity (Wildman–Crippen MR) is 149 cm³/mol. The van der Waals surface area contributed by atoms with Crippen LogP contribution in [0.3, 0.4) is 0 Å². The van der Waals surface area contributed by atoms with E-state index in [0.29, 0.717) is 17.8 Å². The molecule has 0 bridgehead atoms. The van der Waals surface area contributed by atoms with E-state index in [1.54, 1.807) is 6.07 Å². The van der Waals surface area contributed by atoms with Crippen molar-refractivity contribution in [2.75, 3.05) is 50.1 Å². The summed E-state index contributed by atoms with van der Waals surface area (Å²) in [6, 6.07) is 14.6. The van der Waals surface area contributed by atoms with Crippen LogP contribution in [0.2, 0.25) is 0 Å². The molecule has 0 atom stereocenters. The van der Waals surface area contributed by atoms with Crippen LogP contribution < -0.4 is 9.80 Å². The van der Waals surface area contributed by atoms with Crippen LogP contribution in [0, 0.1) is 6.92 Å². The summed E-state index contributed by atoms with van der Waals surface area (Å²) in [5, 5.41) is 0. The Morgan fingerprint density at radius 3 is 1.83 bits per heavy atom. The molecule has 1 fully saturated rings. The number of piperazine rings is 1. The van der Waals surface area contributed by atoms with E-state index in [-0.39, 0.29) is 11.6 Å². The molecule has 1 heterocycles. The maximum absolute atomic E-state index is 13.9. The lowest BCUT2D eigenvalue weighted by Crippen LogP contribution is -2.44. The van der Waals surface area contributed by atoms with Crippen molar-refractivity contribution in [2.45, 2.75) is 38.5 Å². The number of rotatable bonds is 5. The molecule has 220 valence electrons. The second-order valence-electron chi connectivity index (χ2n) is 11.1. The third-order valence-corrected chi connectivity index (χ3v) is 7.79. The van der Waals surface area contributed by atoms with Crippen LogP contribution in [0.1, 0.15) is 36.1 Å². The van der Waals surface area contributed by atoms with Gasteiger partial charge in [-0.1, -0.05) is 24.3 Å². The molecule has 0 unspecified atom stereocenters. The van der Waals surface area contributed by atoms with Gasteiger partial charge in [-0.25, -0.2) is 0 Å². The summed E-state index contributed by atoms with van der Waals surface area (Å²) < 4.78 is 81.4. The smallest absolute Gasteiger partial charge is 0.369 e. The van der Waals surface area contributed by atoms with Crippen molar-refractivity contribution >= 4 is 17.3 Å². The summed E-state index contributed by atoms with van der Waals surface area (Å²) in [5.74, 6) is -0.646. The Labute approximate surface area is 236 Å². The van der Waals surface area contributed by atoms with E-state index in [1.165, 1.54) is 25.8 Å². The van der Waals surface area contributed by atoms with E-state index in [4.69, 9.17) is 0 Å². The standard InChI is InChI=1S/C31H33F6N3O/c1-20-8-6-7-9-25(20)26-19-24(40-14-12-38(4)13-15-40)10-11-27(26)39(5)28(41)29(2,3)21-16-22(30(32,33)34)18-23(17-21)31(35,36)37/h6-11,16-19H,12-15H2,1-5H3. The lowest BCUT2D eigenvalue weighted by Gasteiger charge is -2.35. The Balaban J connectivity index is 1.79. The molecule has 0 aromatic heterocycles. The molecule has 3 aromatic rings. The summed E-state index contributed by atoms with van der Waals surface area (Å²) in [7, 11) is 3.55. The minimum Gasteiger partial charge on any atom is -0.369 e. The highest BCUT2D eigenvalue weighted by Crippen LogP contribution is 2.41. The van der Waals surface area contributed by atoms with Gasteiger partial charge in [-0.15, -0.1) is 0 Å². The van der Waals surface area contributed by atoms with Crippen LogP contribution in [-0.2, 0) is 22.6 Å². The van der Waals surface area contributed by atoms with Crippen LogP contribution in [0.25, 0.3) is 11.1 Å². The molecule has 1 saturated heterocycles. The topological polar surface area (TPSA) is 26.8 Å². The van der Waals surface area contributed by atoms with Crippen molar-refractivity contribution in [1.82, 2.24) is 4.90 Å². The first kappa shape index (κ1) is 30.4. The highest BCUT2D eigenvalue weighted by Gasteiger charge is 2.41. The molecule has 0 spiro atoms. The van der Waals surface area contributed by atoms with Crippen LogP contribution >= 0.6 is 0 Å². The highest BCUT2D eigenvalue weighted by atomic mass is 19.4. The van der Waals surface area contributed by atoms with Crippen molar-refractivity contribution in [1.29, 1.82) is 0 Å². The summed E-state index contributed by atoms with van der Waals surface area (Å²) in [6.45, 7) is 8.05. The molecule has 0 aliphatic carbocycles. The first-order valence-electron chi connectivity index (χ1n) is 13.2. The van der Waals surface area contributed by atoms with Crippen LogP contribution in [0.15, 0.2) is 60.7 Å². The van der Waals surface area contributed by atoms with Crippen molar-refractivity contribution < 1.29 is 31.1 Å². The number of carbonyl (C=O) groups is 1. The normalized spacial score (nSPS) is 15.2. The second kappa shape index (κ2) is 11.0. The molecule has 1 aliphatic rings. The molecule has 41 heavy (non-hydrogen) atoms. The lowest BCUT2D eigenvalue weighted by atomic mass is 9.81. The Hall–Kier alpha value is -3.53. The summed E-state index contributed by atoms with van der Waals surface area (Å²) in [4.78, 5) is 19.7. The summed E-state index contributed by atoms with van der Waals surface area (Å²) >= 11 is 0. The van der Waals surface area contributed by atoms with Gasteiger partial charge in [0.05, 0.1) is 22.2 Å². The molecule has 0 saturated carbocycles. The number of likely N-dealkylation sites (N-methyl/N-ethyl adjacent to an activating group) is 2. The fourth-order valence-corrected chi connectivity index (χ4v) is 5.14. The Morgan fingerprint density at radius 1 is 0.756 bits per heavy atom. The van der Waals surface area contributed by atoms with E-state index in [2.05, 4.69) is 16.8 Å². The largest absolute Gasteiger partial charge is 0.416 e. The SMILES string of the molecule is Cc1ccccc1-c1cc(N2CCN(C)CC2)ccc1N(C)C(=O)C(C)(C)c1cc(C(F)(F)F)cc(C(F)(F)F)c1. The number of nitrogens with zero attached hydrogens (tertiary/aromatic N) is 3. The zero-order valence-electron chi connectivity index (χ0n) is 23.6. The molecule has 4 nitrogen and oxygen atoms in total. The Morgan fingerprint density at radius 2 is 1.29 bits per heavy atom. The molecular weight excluding hydrogens is 544 g/mol. The van der Waals surface area contributed by atoms with Gasteiger partial charge < -0.3 is 14.7 Å². The van der Waals surface area contributed by atoms with Gasteiger partial charge in [0.2, 0.25) is 5.91 Å². The van der Waals surface area contributed by atoms with Crippen molar-refractivity contribution in [2.24, 2.45) is 0 Å². The molecule has 0 N–H and O–H groups in total. The monoisotopic (exact) mass is 577 g/mol. The average molecular weight is 578 g/mol. The number of carbonyl (C=O) groups excluding carboxylic acids is 1. The maximum atomic E-state index is 13.9. The minimum atomic E-state index is -5.02. The number of hydrogen-bond donors (Lipinski definition) is 0. The van der Waals surface area contributed by atoms with Crippen molar-refractivity contribution in [3.63, 3.8) is 0 Å². The lowest BCUT2D eigenvalue weighted by molar-refractivity contribution is -0.143. The van der Waals surface area contributed by atoms with E-state index >= 15 is 0 Å². The molecule has 1 aliphatic heterocycles. The van der Waals surface area contributed by atoms with Crippen LogP contribution in [-0.4, -0.2) is 51.1 Å². The van der Waals surface area contributed by atoms with Gasteiger partial charge in [0.25, 0.3) is 0 Å². The van der Waals surface area contributed by atoms with Crippen molar-refractivity contribution in [3.05, 3.63) is 82.9 Å². The quantitative estimate of drug-likeness (QED) is 0.296. The van der Waals surface area contributed by atoms with Gasteiger partial charge in [0, 0.05) is 44.5 Å². The maximum Gasteiger partial charge on any atom is 0.416 e. The fourth-order valence-electron chi connectivity index (χ4n) is 5.14. The Bertz CT molecular complexity index is 1390. The van der Waals surface area contributed by atoms with Gasteiger partial charge >= 0.3 is 12.4 Å². The van der Waals surface area contributed by atoms with Gasteiger partial charge in [-0.05, 0) is 80.9 Å². The van der Waals surface area contributed by atoms with E-state index < -0.39 is 34.8 Å². The van der Waals surface area contributed by atoms with Crippen LogP contribution in [0.5, 0.6) is 0 Å². The number of benzene rings is 3. The van der Waals surface area contributed by atoms with Gasteiger partial charge in [0.15, 0.2) is 0 Å². The zero-order valence-corrected chi connectivity index (χ0v) is 23.6. The number of halogens is 6. The average Bonchev–Trinajstić information content (AvgIpc) is 2.91. The molecular formula is C31H33F6N3O. The first-order chi connectivity index (χ1) is 19.0. The molecule has 10 heteroatoms. The first-order valence-corrected chi connectivity index (χ1v) is 13.2. The number of anilines is 2. The fraction of sp³-hybridized carbons (Fsp3) is 0.387. The molecule has 3 aromatic carbocycles. The van der Waals surface area contributed by atoms with E-state index in [1.807, 2.05) is 43.3 Å². The van der Waals surface area contributed by atoms with Crippen LogP contribution in [0.4, 0.5) is 37.7 Å². The van der Waals surface area contributed by atoms with E-state index in [0.717, 1.165) is 48.6 Å². The second-order valence-corrected chi connectivity index (χ2v) is 11.1. The van der Waals surface area contributed by atoms with E-state index in [9.17, 15) is 31.1 Å². The third kappa shape index (κ3) is 6.37. The molecule has 4 rings (SSSR count). The van der Waals surface area contributed by atoms with Crippen molar-refractivity contribution in [3.8, 4) is 11.1 Å². The highest BCUT2D eigenvalue weighted by molar-refractivity contribution is 6.03. The summed E-state index contributed by atoms with van der Waals surface area (Å²) in [5.41, 5.74) is -0.965. The minimum absolute atomic E-state index is 0.0706. The molecule has 1 amide bonds. The number of aryl methyl sites for hydroxylation is 1. The van der Waals surface area contributed by atoms with Gasteiger partial charge in [0.1, 0.15) is 0 Å². The number of hydrogen-bond acceptors (Lipinski definition) is 3. The Kier molecular flexibility index (Phi) is 8.19. The zero-order chi connectivity index (χ0) is 30.3. The van der Waals surface area contributed by atoms with Gasteiger partial charge in [-0.2, -0.15) is 26.3 Å². The van der Waals surface area contributed by atoms with Gasteiger partial charge in [-0.3, -0.25) is 4.79 Å². The number of alkyl halides is 6. The number of amides is 1. The summed E-state index contributed by atoms with van der Waals surface area (Å²) in [6.07, 6.45) is -10.0.